The number of ether oxygens (including phenoxy) is 4. The molecular formula is C84H164O17P2. The summed E-state index contributed by atoms with van der Waals surface area (Å²) < 4.78 is 68.8. The third kappa shape index (κ3) is 76.6. The Bertz CT molecular complexity index is 1990. The average Bonchev–Trinajstić information content (AvgIpc) is 0.911. The molecule has 0 bridgehead atoms. The fourth-order valence-corrected chi connectivity index (χ4v) is 14.6. The van der Waals surface area contributed by atoms with Crippen LogP contribution in [0.25, 0.3) is 0 Å². The summed E-state index contributed by atoms with van der Waals surface area (Å²) >= 11 is 0. The standard InChI is InChI=1S/C84H164O17P2/c1-8-10-11-12-13-14-15-29-37-44-51-58-65-81(86)94-72-80(101-84(89)68-61-54-47-40-33-32-35-42-49-56-63-76(5)6)74-99-103(92,93)97-70-78(85)69-96-102(90,91)98-73-79(71-95-82(87)66-59-52-45-38-30-26-22-23-27-34-41-48-55-62-75(3)4)100-83(88)67-60-53-46-39-31-25-21-19-17-16-18-20-24-28-36-43-50-57-64-77(7)9-2/h75-80,85H,8-74H2,1-7H3,(H,90,91)(H,92,93)/t77?,78-,79-,80-/m1/s1. The lowest BCUT2D eigenvalue weighted by atomic mass is 9.99. The van der Waals surface area contributed by atoms with E-state index in [0.29, 0.717) is 25.7 Å². The third-order valence-corrected chi connectivity index (χ3v) is 21.9. The van der Waals surface area contributed by atoms with Crippen molar-refractivity contribution < 1.29 is 80.2 Å². The quantitative estimate of drug-likeness (QED) is 0.0222. The lowest BCUT2D eigenvalue weighted by Crippen LogP contribution is -2.30. The molecule has 0 aromatic rings. The number of aliphatic hydroxyl groups is 1. The molecule has 0 rings (SSSR count). The van der Waals surface area contributed by atoms with E-state index in [2.05, 4.69) is 48.5 Å². The second-order valence-corrected chi connectivity index (χ2v) is 34.3. The van der Waals surface area contributed by atoms with Gasteiger partial charge in [-0.3, -0.25) is 37.3 Å². The molecule has 19 heteroatoms. The van der Waals surface area contributed by atoms with Crippen LogP contribution in [0.2, 0.25) is 0 Å². The predicted octanol–water partition coefficient (Wildman–Crippen LogP) is 25.3. The Morgan fingerprint density at radius 3 is 0.738 bits per heavy atom. The molecule has 0 radical (unpaired) electrons. The van der Waals surface area contributed by atoms with Gasteiger partial charge in [0, 0.05) is 25.7 Å². The molecule has 17 nitrogen and oxygen atoms in total. The monoisotopic (exact) mass is 1510 g/mol. The van der Waals surface area contributed by atoms with E-state index < -0.39 is 97.5 Å². The highest BCUT2D eigenvalue weighted by molar-refractivity contribution is 7.47. The minimum atomic E-state index is -4.96. The van der Waals surface area contributed by atoms with Gasteiger partial charge < -0.3 is 33.8 Å². The molecule has 0 aromatic carbocycles. The van der Waals surface area contributed by atoms with E-state index in [-0.39, 0.29) is 25.7 Å². The molecule has 3 N–H and O–H groups in total. The Kier molecular flexibility index (Phi) is 72.8. The van der Waals surface area contributed by atoms with Gasteiger partial charge in [-0.15, -0.1) is 0 Å². The molecule has 0 aliphatic carbocycles. The van der Waals surface area contributed by atoms with Gasteiger partial charge in [0.2, 0.25) is 0 Å². The number of hydrogen-bond acceptors (Lipinski definition) is 15. The minimum absolute atomic E-state index is 0.106. The molecule has 0 saturated heterocycles. The van der Waals surface area contributed by atoms with Crippen LogP contribution in [0.15, 0.2) is 0 Å². The highest BCUT2D eigenvalue weighted by atomic mass is 31.2. The van der Waals surface area contributed by atoms with Crippen LogP contribution >= 0.6 is 15.6 Å². The average molecular weight is 1510 g/mol. The lowest BCUT2D eigenvalue weighted by Gasteiger charge is -2.21. The van der Waals surface area contributed by atoms with Crippen molar-refractivity contribution in [2.75, 3.05) is 39.6 Å². The molecule has 0 heterocycles. The largest absolute Gasteiger partial charge is 0.472 e. The van der Waals surface area contributed by atoms with Crippen molar-refractivity contribution >= 4 is 39.5 Å². The molecule has 0 fully saturated rings. The van der Waals surface area contributed by atoms with E-state index in [1.165, 1.54) is 250 Å². The lowest BCUT2D eigenvalue weighted by molar-refractivity contribution is -0.161. The Morgan fingerprint density at radius 1 is 0.282 bits per heavy atom. The molecule has 0 aliphatic rings. The molecule has 3 unspecified atom stereocenters. The van der Waals surface area contributed by atoms with Crippen molar-refractivity contribution in [1.82, 2.24) is 0 Å². The van der Waals surface area contributed by atoms with Crippen molar-refractivity contribution in [3.05, 3.63) is 0 Å². The normalized spacial score (nSPS) is 14.2. The van der Waals surface area contributed by atoms with Crippen LogP contribution in [0.5, 0.6) is 0 Å². The summed E-state index contributed by atoms with van der Waals surface area (Å²) in [5, 5.41) is 10.7. The number of esters is 4. The summed E-state index contributed by atoms with van der Waals surface area (Å²) in [5.74, 6) is 0.308. The highest BCUT2D eigenvalue weighted by Gasteiger charge is 2.30. The Morgan fingerprint density at radius 2 is 0.495 bits per heavy atom. The maximum Gasteiger partial charge on any atom is 0.472 e. The first-order valence-electron chi connectivity index (χ1n) is 43.4. The predicted molar refractivity (Wildman–Crippen MR) is 423 cm³/mol. The van der Waals surface area contributed by atoms with E-state index in [9.17, 15) is 43.2 Å². The van der Waals surface area contributed by atoms with Gasteiger partial charge in [-0.1, -0.05) is 389 Å². The first-order chi connectivity index (χ1) is 49.8. The van der Waals surface area contributed by atoms with Crippen LogP contribution in [-0.2, 0) is 65.4 Å². The summed E-state index contributed by atoms with van der Waals surface area (Å²) in [6, 6.07) is 0. The molecule has 0 amide bonds. The number of rotatable bonds is 82. The number of carbonyl (C=O) groups is 4. The highest BCUT2D eigenvalue weighted by Crippen LogP contribution is 2.45. The molecule has 0 saturated carbocycles. The topological polar surface area (TPSA) is 237 Å². The number of unbranched alkanes of at least 4 members (excludes halogenated alkanes) is 49. The number of aliphatic hydroxyl groups excluding tert-OH is 1. The zero-order valence-electron chi connectivity index (χ0n) is 67.8. The molecule has 0 aromatic heterocycles. The maximum absolute atomic E-state index is 13.1. The number of phosphoric acid groups is 2. The van der Waals surface area contributed by atoms with Crippen LogP contribution in [0, 0.1) is 17.8 Å². The van der Waals surface area contributed by atoms with Crippen molar-refractivity contribution in [2.24, 2.45) is 17.8 Å². The van der Waals surface area contributed by atoms with E-state index in [1.807, 2.05) is 0 Å². The number of carbonyl (C=O) groups excluding carboxylic acids is 4. The van der Waals surface area contributed by atoms with E-state index in [4.69, 9.17) is 37.0 Å². The first-order valence-corrected chi connectivity index (χ1v) is 46.4. The molecule has 6 atom stereocenters. The first kappa shape index (κ1) is 101. The van der Waals surface area contributed by atoms with Gasteiger partial charge >= 0.3 is 39.5 Å². The molecule has 0 spiro atoms. The molecule has 103 heavy (non-hydrogen) atoms. The smallest absolute Gasteiger partial charge is 0.462 e. The van der Waals surface area contributed by atoms with Gasteiger partial charge in [-0.05, 0) is 43.4 Å². The fraction of sp³-hybridized carbons (Fsp3) is 0.952. The second kappa shape index (κ2) is 74.2. The van der Waals surface area contributed by atoms with Crippen LogP contribution in [-0.4, -0.2) is 96.7 Å². The van der Waals surface area contributed by atoms with E-state index in [0.717, 1.165) is 108 Å². The van der Waals surface area contributed by atoms with E-state index >= 15 is 0 Å². The molecular weight excluding hydrogens is 1340 g/mol. The Hall–Kier alpha value is -1.94. The van der Waals surface area contributed by atoms with E-state index in [1.54, 1.807) is 0 Å². The van der Waals surface area contributed by atoms with Gasteiger partial charge in [0.15, 0.2) is 12.2 Å². The van der Waals surface area contributed by atoms with Crippen molar-refractivity contribution in [2.45, 2.75) is 458 Å². The van der Waals surface area contributed by atoms with Crippen LogP contribution in [0.3, 0.4) is 0 Å². The fourth-order valence-electron chi connectivity index (χ4n) is 13.0. The Labute approximate surface area is 632 Å². The summed E-state index contributed by atoms with van der Waals surface area (Å²) in [4.78, 5) is 73.1. The molecule has 612 valence electrons. The Balaban J connectivity index is 5.23. The molecule has 0 aliphatic heterocycles. The number of hydrogen-bond donors (Lipinski definition) is 3. The van der Waals surface area contributed by atoms with Gasteiger partial charge in [0.05, 0.1) is 26.4 Å². The van der Waals surface area contributed by atoms with Gasteiger partial charge in [0.25, 0.3) is 0 Å². The maximum atomic E-state index is 13.1. The summed E-state index contributed by atoms with van der Waals surface area (Å²) in [7, 11) is -9.92. The van der Waals surface area contributed by atoms with Gasteiger partial charge in [-0.25, -0.2) is 9.13 Å². The SMILES string of the molecule is CCCCCCCCCCCCCCC(=O)OC[C@H](COP(=O)(O)OC[C@H](O)COP(=O)(O)OC[C@@H](COC(=O)CCCCCCCCCCCCCCCC(C)C)OC(=O)CCCCCCCCCCCCCCCCCCCCC(C)CC)OC(=O)CCCCCCCCCCCCC(C)C. The summed E-state index contributed by atoms with van der Waals surface area (Å²) in [5.41, 5.74) is 0. The van der Waals surface area contributed by atoms with Crippen molar-refractivity contribution in [3.8, 4) is 0 Å². The van der Waals surface area contributed by atoms with Crippen LogP contribution in [0.4, 0.5) is 0 Å². The van der Waals surface area contributed by atoms with Gasteiger partial charge in [0.1, 0.15) is 19.3 Å². The second-order valence-electron chi connectivity index (χ2n) is 31.4. The summed E-state index contributed by atoms with van der Waals surface area (Å²) in [6.07, 6.45) is 63.7. The zero-order valence-corrected chi connectivity index (χ0v) is 69.6. The van der Waals surface area contributed by atoms with Crippen molar-refractivity contribution in [1.29, 1.82) is 0 Å². The van der Waals surface area contributed by atoms with Crippen LogP contribution in [0.1, 0.15) is 440 Å². The summed E-state index contributed by atoms with van der Waals surface area (Å²) in [6.45, 7) is 12.0. The van der Waals surface area contributed by atoms with Crippen molar-refractivity contribution in [3.63, 3.8) is 0 Å². The minimum Gasteiger partial charge on any atom is -0.462 e. The third-order valence-electron chi connectivity index (χ3n) is 20.0. The van der Waals surface area contributed by atoms with Crippen LogP contribution < -0.4 is 0 Å². The zero-order chi connectivity index (χ0) is 75.8. The number of phosphoric ester groups is 2. The van der Waals surface area contributed by atoms with Gasteiger partial charge in [-0.2, -0.15) is 0 Å².